The van der Waals surface area contributed by atoms with Gasteiger partial charge in [0.1, 0.15) is 0 Å². The van der Waals surface area contributed by atoms with E-state index in [0.29, 0.717) is 12.2 Å². The molecule has 2 aromatic heterocycles. The topological polar surface area (TPSA) is 61.9 Å². The van der Waals surface area contributed by atoms with Crippen molar-refractivity contribution in [3.63, 3.8) is 0 Å². The van der Waals surface area contributed by atoms with Crippen molar-refractivity contribution in [3.05, 3.63) is 94.9 Å². The number of hydrogen-bond donors (Lipinski definition) is 1. The fourth-order valence-electron chi connectivity index (χ4n) is 4.46. The van der Waals surface area contributed by atoms with E-state index in [0.717, 1.165) is 48.0 Å². The first-order valence-corrected chi connectivity index (χ1v) is 10.9. The van der Waals surface area contributed by atoms with E-state index >= 15 is 0 Å². The minimum absolute atomic E-state index is 0.00208. The standard InChI is InChI=1S/C26H26N4O/c1-18-9-11-24-22(14-18)25(29-28-24)26(31)30-13-5-8-21(17-30)23-12-10-20(16-27-23)15-19-6-3-2-4-7-19/h2-4,6-7,9-12,14,16,21H,5,8,13,15,17H2,1H3,(H,28,29)/t21-/m0/s1. The van der Waals surface area contributed by atoms with Crippen LogP contribution >= 0.6 is 0 Å². The van der Waals surface area contributed by atoms with Crippen LogP contribution in [-0.2, 0) is 6.42 Å². The number of H-pyrrole nitrogens is 1. The van der Waals surface area contributed by atoms with E-state index in [1.54, 1.807) is 0 Å². The fourth-order valence-corrected chi connectivity index (χ4v) is 4.46. The van der Waals surface area contributed by atoms with Gasteiger partial charge in [-0.3, -0.25) is 14.9 Å². The molecule has 1 N–H and O–H groups in total. The molecule has 0 bridgehead atoms. The number of carbonyl (C=O) groups excluding carboxylic acids is 1. The minimum atomic E-state index is 0.00208. The van der Waals surface area contributed by atoms with Crippen molar-refractivity contribution in [3.8, 4) is 0 Å². The largest absolute Gasteiger partial charge is 0.337 e. The molecule has 5 heteroatoms. The smallest absolute Gasteiger partial charge is 0.275 e. The highest BCUT2D eigenvalue weighted by Gasteiger charge is 2.28. The summed E-state index contributed by atoms with van der Waals surface area (Å²) in [5.41, 5.74) is 6.10. The number of fused-ring (bicyclic) bond motifs is 1. The first-order valence-electron chi connectivity index (χ1n) is 10.9. The number of nitrogens with one attached hydrogen (secondary N) is 1. The van der Waals surface area contributed by atoms with Crippen LogP contribution in [0.15, 0.2) is 66.9 Å². The highest BCUT2D eigenvalue weighted by atomic mass is 16.2. The third-order valence-electron chi connectivity index (χ3n) is 6.15. The van der Waals surface area contributed by atoms with Crippen LogP contribution in [0.3, 0.4) is 0 Å². The van der Waals surface area contributed by atoms with Crippen molar-refractivity contribution in [2.24, 2.45) is 0 Å². The van der Waals surface area contributed by atoms with E-state index < -0.39 is 0 Å². The molecule has 0 saturated carbocycles. The summed E-state index contributed by atoms with van der Waals surface area (Å²) in [6.07, 6.45) is 4.89. The van der Waals surface area contributed by atoms with Crippen molar-refractivity contribution in [1.29, 1.82) is 0 Å². The second-order valence-electron chi connectivity index (χ2n) is 8.47. The Labute approximate surface area is 182 Å². The molecule has 31 heavy (non-hydrogen) atoms. The van der Waals surface area contributed by atoms with Crippen LogP contribution in [-0.4, -0.2) is 39.1 Å². The number of aromatic amines is 1. The molecule has 1 aliphatic heterocycles. The van der Waals surface area contributed by atoms with Crippen molar-refractivity contribution in [1.82, 2.24) is 20.1 Å². The number of pyridine rings is 1. The average Bonchev–Trinajstić information content (AvgIpc) is 3.23. The molecule has 3 heterocycles. The molecule has 1 fully saturated rings. The molecule has 1 amide bonds. The first-order chi connectivity index (χ1) is 15.2. The zero-order chi connectivity index (χ0) is 21.2. The van der Waals surface area contributed by atoms with Gasteiger partial charge in [0.05, 0.1) is 5.52 Å². The van der Waals surface area contributed by atoms with E-state index in [1.807, 2.05) is 42.3 Å². The molecule has 0 spiro atoms. The highest BCUT2D eigenvalue weighted by Crippen LogP contribution is 2.28. The highest BCUT2D eigenvalue weighted by molar-refractivity contribution is 6.04. The maximum absolute atomic E-state index is 13.2. The SMILES string of the molecule is Cc1ccc2[nH]nc(C(=O)N3CCC[C@H](c4ccc(Cc5ccccc5)cn4)C3)c2c1. The number of hydrogen-bond acceptors (Lipinski definition) is 3. The molecule has 2 aromatic carbocycles. The minimum Gasteiger partial charge on any atom is -0.337 e. The van der Waals surface area contributed by atoms with E-state index in [2.05, 4.69) is 46.6 Å². The van der Waals surface area contributed by atoms with Crippen LogP contribution in [0.4, 0.5) is 0 Å². The zero-order valence-corrected chi connectivity index (χ0v) is 17.7. The van der Waals surface area contributed by atoms with E-state index in [1.165, 1.54) is 11.1 Å². The Morgan fingerprint density at radius 2 is 1.97 bits per heavy atom. The van der Waals surface area contributed by atoms with Crippen LogP contribution in [0.1, 0.15) is 51.6 Å². The third-order valence-corrected chi connectivity index (χ3v) is 6.15. The van der Waals surface area contributed by atoms with Crippen LogP contribution in [0.25, 0.3) is 10.9 Å². The molecule has 156 valence electrons. The van der Waals surface area contributed by atoms with Gasteiger partial charge in [-0.15, -0.1) is 0 Å². The lowest BCUT2D eigenvalue weighted by molar-refractivity contribution is 0.0702. The summed E-state index contributed by atoms with van der Waals surface area (Å²) in [5, 5.41) is 8.22. The summed E-state index contributed by atoms with van der Waals surface area (Å²) in [7, 11) is 0. The molecule has 1 aliphatic rings. The lowest BCUT2D eigenvalue weighted by Crippen LogP contribution is -2.39. The lowest BCUT2D eigenvalue weighted by atomic mass is 9.93. The van der Waals surface area contributed by atoms with Crippen molar-refractivity contribution in [2.45, 2.75) is 32.1 Å². The molecule has 1 atom stereocenters. The van der Waals surface area contributed by atoms with Crippen molar-refractivity contribution >= 4 is 16.8 Å². The van der Waals surface area contributed by atoms with Gasteiger partial charge in [0.15, 0.2) is 5.69 Å². The molecule has 5 rings (SSSR count). The molecule has 0 radical (unpaired) electrons. The molecule has 0 unspecified atom stereocenters. The first kappa shape index (κ1) is 19.5. The van der Waals surface area contributed by atoms with Gasteiger partial charge in [-0.2, -0.15) is 5.10 Å². The summed E-state index contributed by atoms with van der Waals surface area (Å²) in [6, 6.07) is 20.8. The summed E-state index contributed by atoms with van der Waals surface area (Å²) in [6.45, 7) is 3.48. The number of piperidine rings is 1. The molecule has 5 nitrogen and oxygen atoms in total. The van der Waals surface area contributed by atoms with Crippen LogP contribution < -0.4 is 0 Å². The van der Waals surface area contributed by atoms with E-state index in [4.69, 9.17) is 4.98 Å². The van der Waals surface area contributed by atoms with Gasteiger partial charge in [0, 0.05) is 36.3 Å². The Bertz CT molecular complexity index is 1200. The maximum atomic E-state index is 13.2. The molecule has 4 aromatic rings. The predicted molar refractivity (Wildman–Crippen MR) is 122 cm³/mol. The number of aryl methyl sites for hydroxylation is 1. The second-order valence-corrected chi connectivity index (χ2v) is 8.47. The van der Waals surface area contributed by atoms with Gasteiger partial charge in [-0.25, -0.2) is 0 Å². The Kier molecular flexibility index (Phi) is 5.24. The normalized spacial score (nSPS) is 16.5. The quantitative estimate of drug-likeness (QED) is 0.522. The molecule has 1 saturated heterocycles. The predicted octanol–water partition coefficient (Wildman–Crippen LogP) is 4.88. The van der Waals surface area contributed by atoms with Gasteiger partial charge < -0.3 is 4.90 Å². The van der Waals surface area contributed by atoms with Crippen LogP contribution in [0.2, 0.25) is 0 Å². The maximum Gasteiger partial charge on any atom is 0.275 e. The monoisotopic (exact) mass is 410 g/mol. The third kappa shape index (κ3) is 4.08. The van der Waals surface area contributed by atoms with Crippen LogP contribution in [0.5, 0.6) is 0 Å². The number of nitrogens with zero attached hydrogens (tertiary/aromatic N) is 3. The van der Waals surface area contributed by atoms with Gasteiger partial charge in [-0.05, 0) is 55.5 Å². The Morgan fingerprint density at radius 3 is 2.77 bits per heavy atom. The molecular weight excluding hydrogens is 384 g/mol. The van der Waals surface area contributed by atoms with Gasteiger partial charge in [-0.1, -0.05) is 48.0 Å². The average molecular weight is 411 g/mol. The number of likely N-dealkylation sites (tertiary alicyclic amines) is 1. The summed E-state index contributed by atoms with van der Waals surface area (Å²) < 4.78 is 0. The summed E-state index contributed by atoms with van der Waals surface area (Å²) >= 11 is 0. The number of rotatable bonds is 4. The van der Waals surface area contributed by atoms with Crippen molar-refractivity contribution in [2.75, 3.05) is 13.1 Å². The van der Waals surface area contributed by atoms with E-state index in [9.17, 15) is 4.79 Å². The molecular formula is C26H26N4O. The number of carbonyl (C=O) groups is 1. The Hall–Kier alpha value is -3.47. The van der Waals surface area contributed by atoms with Crippen molar-refractivity contribution < 1.29 is 4.79 Å². The Morgan fingerprint density at radius 1 is 1.10 bits per heavy atom. The zero-order valence-electron chi connectivity index (χ0n) is 17.7. The van der Waals surface area contributed by atoms with Gasteiger partial charge >= 0.3 is 0 Å². The molecule has 0 aliphatic carbocycles. The Balaban J connectivity index is 1.30. The van der Waals surface area contributed by atoms with E-state index in [-0.39, 0.29) is 11.8 Å². The van der Waals surface area contributed by atoms with Gasteiger partial charge in [0.25, 0.3) is 5.91 Å². The summed E-state index contributed by atoms with van der Waals surface area (Å²) in [5.74, 6) is 0.262. The number of aromatic nitrogens is 3. The fraction of sp³-hybridized carbons (Fsp3) is 0.269. The summed E-state index contributed by atoms with van der Waals surface area (Å²) in [4.78, 5) is 19.9. The lowest BCUT2D eigenvalue weighted by Gasteiger charge is -2.32. The number of benzene rings is 2. The number of amides is 1. The second kappa shape index (κ2) is 8.34. The van der Waals surface area contributed by atoms with Crippen LogP contribution in [0, 0.1) is 6.92 Å². The van der Waals surface area contributed by atoms with Gasteiger partial charge in [0.2, 0.25) is 0 Å².